The highest BCUT2D eigenvalue weighted by molar-refractivity contribution is 7.13. The Bertz CT molecular complexity index is 823. The van der Waals surface area contributed by atoms with Gasteiger partial charge in [0.05, 0.1) is 5.69 Å². The number of thiazole rings is 1. The number of benzene rings is 2. The molecule has 0 saturated carbocycles. The van der Waals surface area contributed by atoms with Gasteiger partial charge in [-0.3, -0.25) is 4.79 Å². The summed E-state index contributed by atoms with van der Waals surface area (Å²) < 4.78 is 5.71. The van der Waals surface area contributed by atoms with E-state index in [0.29, 0.717) is 12.2 Å². The van der Waals surface area contributed by atoms with Crippen molar-refractivity contribution in [2.45, 2.75) is 20.5 Å². The Balaban J connectivity index is 1.57. The normalized spacial score (nSPS) is 10.4. The molecule has 3 aromatic rings. The first-order chi connectivity index (χ1) is 11.6. The minimum atomic E-state index is 0.0490. The number of Topliss-reactive ketones (excluding diaryl/α,β-unsaturated/α-hetero) is 1. The fourth-order valence-electron chi connectivity index (χ4n) is 2.13. The minimum Gasteiger partial charge on any atom is -0.487 e. The highest BCUT2D eigenvalue weighted by Gasteiger charge is 2.04. The second-order valence-corrected chi connectivity index (χ2v) is 6.36. The molecule has 0 aliphatic rings. The first-order valence-corrected chi connectivity index (χ1v) is 8.50. The van der Waals surface area contributed by atoms with Gasteiger partial charge in [0.2, 0.25) is 0 Å². The highest BCUT2D eigenvalue weighted by Crippen LogP contribution is 2.22. The molecule has 0 unspecified atom stereocenters. The van der Waals surface area contributed by atoms with E-state index in [9.17, 15) is 4.79 Å². The van der Waals surface area contributed by atoms with Crippen LogP contribution < -0.4 is 10.1 Å². The molecule has 5 heteroatoms. The van der Waals surface area contributed by atoms with Crippen molar-refractivity contribution in [2.75, 3.05) is 5.32 Å². The van der Waals surface area contributed by atoms with Gasteiger partial charge in [-0.1, -0.05) is 17.7 Å². The lowest BCUT2D eigenvalue weighted by atomic mass is 10.1. The molecule has 122 valence electrons. The first kappa shape index (κ1) is 16.2. The maximum atomic E-state index is 11.3. The van der Waals surface area contributed by atoms with Gasteiger partial charge >= 0.3 is 0 Å². The maximum Gasteiger partial charge on any atom is 0.187 e. The predicted octanol–water partition coefficient (Wildman–Crippen LogP) is 4.98. The number of hydrogen-bond donors (Lipinski definition) is 1. The number of ketones is 1. The number of ether oxygens (including phenoxy) is 1. The van der Waals surface area contributed by atoms with Gasteiger partial charge in [0.25, 0.3) is 0 Å². The third-order valence-electron chi connectivity index (χ3n) is 3.50. The van der Waals surface area contributed by atoms with Crippen LogP contribution in [0.15, 0.2) is 53.9 Å². The van der Waals surface area contributed by atoms with Crippen LogP contribution in [0.1, 0.15) is 28.5 Å². The van der Waals surface area contributed by atoms with Crippen molar-refractivity contribution >= 4 is 27.9 Å². The lowest BCUT2D eigenvalue weighted by molar-refractivity contribution is 0.101. The van der Waals surface area contributed by atoms with E-state index in [2.05, 4.69) is 29.4 Å². The molecule has 0 saturated heterocycles. The molecular weight excluding hydrogens is 320 g/mol. The molecule has 0 aliphatic heterocycles. The summed E-state index contributed by atoms with van der Waals surface area (Å²) in [5, 5.41) is 6.09. The monoisotopic (exact) mass is 338 g/mol. The summed E-state index contributed by atoms with van der Waals surface area (Å²) in [4.78, 5) is 15.8. The predicted molar refractivity (Wildman–Crippen MR) is 97.4 cm³/mol. The van der Waals surface area contributed by atoms with Gasteiger partial charge in [0.1, 0.15) is 12.4 Å². The van der Waals surface area contributed by atoms with Crippen LogP contribution in [-0.2, 0) is 6.61 Å². The SMILES string of the molecule is CC(=O)c1ccc(OCc2csc(Nc3ccc(C)cc3)n2)cc1. The van der Waals surface area contributed by atoms with Gasteiger partial charge in [-0.15, -0.1) is 11.3 Å². The number of rotatable bonds is 6. The Labute approximate surface area is 145 Å². The molecule has 3 rings (SSSR count). The zero-order valence-corrected chi connectivity index (χ0v) is 14.4. The van der Waals surface area contributed by atoms with Gasteiger partial charge in [-0.2, -0.15) is 0 Å². The van der Waals surface area contributed by atoms with Crippen LogP contribution in [0.2, 0.25) is 0 Å². The van der Waals surface area contributed by atoms with Crippen LogP contribution in [0.3, 0.4) is 0 Å². The highest BCUT2D eigenvalue weighted by atomic mass is 32.1. The number of aromatic nitrogens is 1. The molecule has 2 aromatic carbocycles. The van der Waals surface area contributed by atoms with E-state index in [-0.39, 0.29) is 5.78 Å². The molecule has 4 nitrogen and oxygen atoms in total. The van der Waals surface area contributed by atoms with Crippen molar-refractivity contribution in [3.05, 3.63) is 70.7 Å². The second-order valence-electron chi connectivity index (χ2n) is 5.50. The molecule has 0 atom stereocenters. The third kappa shape index (κ3) is 4.20. The van der Waals surface area contributed by atoms with Gasteiger partial charge in [-0.25, -0.2) is 4.98 Å². The molecule has 1 heterocycles. The fourth-order valence-corrected chi connectivity index (χ4v) is 2.85. The molecular formula is C19H18N2O2S. The van der Waals surface area contributed by atoms with Gasteiger partial charge in [-0.05, 0) is 50.2 Å². The van der Waals surface area contributed by atoms with Gasteiger partial charge in [0.15, 0.2) is 10.9 Å². The number of carbonyl (C=O) groups is 1. The zero-order chi connectivity index (χ0) is 16.9. The summed E-state index contributed by atoms with van der Waals surface area (Å²) in [7, 11) is 0. The molecule has 0 aliphatic carbocycles. The van der Waals surface area contributed by atoms with E-state index in [1.54, 1.807) is 42.5 Å². The second kappa shape index (κ2) is 7.27. The van der Waals surface area contributed by atoms with Crippen LogP contribution in [0.5, 0.6) is 5.75 Å². The van der Waals surface area contributed by atoms with E-state index >= 15 is 0 Å². The summed E-state index contributed by atoms with van der Waals surface area (Å²) in [6.45, 7) is 4.00. The van der Waals surface area contributed by atoms with Crippen molar-refractivity contribution in [1.82, 2.24) is 4.98 Å². The van der Waals surface area contributed by atoms with Crippen molar-refractivity contribution in [2.24, 2.45) is 0 Å². The van der Waals surface area contributed by atoms with Gasteiger partial charge in [0, 0.05) is 16.6 Å². The summed E-state index contributed by atoms with van der Waals surface area (Å²) in [6, 6.07) is 15.3. The Hall–Kier alpha value is -2.66. The van der Waals surface area contributed by atoms with Crippen molar-refractivity contribution in [3.63, 3.8) is 0 Å². The minimum absolute atomic E-state index is 0.0490. The number of nitrogens with one attached hydrogen (secondary N) is 1. The smallest absolute Gasteiger partial charge is 0.187 e. The quantitative estimate of drug-likeness (QED) is 0.644. The van der Waals surface area contributed by atoms with Crippen molar-refractivity contribution < 1.29 is 9.53 Å². The van der Waals surface area contributed by atoms with Crippen molar-refractivity contribution in [3.8, 4) is 5.75 Å². The summed E-state index contributed by atoms with van der Waals surface area (Å²) in [5.41, 5.74) is 3.79. The largest absolute Gasteiger partial charge is 0.487 e. The van der Waals surface area contributed by atoms with E-state index in [4.69, 9.17) is 4.74 Å². The number of nitrogens with zero attached hydrogens (tertiary/aromatic N) is 1. The van der Waals surface area contributed by atoms with Crippen LogP contribution >= 0.6 is 11.3 Å². The first-order valence-electron chi connectivity index (χ1n) is 7.62. The molecule has 1 aromatic heterocycles. The van der Waals surface area contributed by atoms with Crippen LogP contribution in [0, 0.1) is 6.92 Å². The summed E-state index contributed by atoms with van der Waals surface area (Å²) in [5.74, 6) is 0.772. The molecule has 0 bridgehead atoms. The van der Waals surface area contributed by atoms with E-state index in [1.807, 2.05) is 17.5 Å². The third-order valence-corrected chi connectivity index (χ3v) is 4.31. The van der Waals surface area contributed by atoms with Gasteiger partial charge < -0.3 is 10.1 Å². The standard InChI is InChI=1S/C19H18N2O2S/c1-13-3-7-16(8-4-13)20-19-21-17(12-24-19)11-23-18-9-5-15(6-10-18)14(2)22/h3-10,12H,11H2,1-2H3,(H,20,21). The van der Waals surface area contributed by atoms with E-state index in [1.165, 1.54) is 5.56 Å². The fraction of sp³-hybridized carbons (Fsp3) is 0.158. The molecule has 24 heavy (non-hydrogen) atoms. The molecule has 0 fully saturated rings. The Morgan fingerprint density at radius 3 is 2.50 bits per heavy atom. The lowest BCUT2D eigenvalue weighted by Crippen LogP contribution is -1.97. The summed E-state index contributed by atoms with van der Waals surface area (Å²) in [6.07, 6.45) is 0. The lowest BCUT2D eigenvalue weighted by Gasteiger charge is -2.05. The topological polar surface area (TPSA) is 51.2 Å². The van der Waals surface area contributed by atoms with Crippen molar-refractivity contribution in [1.29, 1.82) is 0 Å². The molecule has 0 spiro atoms. The Morgan fingerprint density at radius 1 is 1.12 bits per heavy atom. The number of aryl methyl sites for hydroxylation is 1. The summed E-state index contributed by atoms with van der Waals surface area (Å²) >= 11 is 1.54. The molecule has 0 amide bonds. The maximum absolute atomic E-state index is 11.3. The van der Waals surface area contributed by atoms with Crippen LogP contribution in [0.25, 0.3) is 0 Å². The molecule has 0 radical (unpaired) electrons. The molecule has 1 N–H and O–H groups in total. The van der Waals surface area contributed by atoms with Crippen LogP contribution in [0.4, 0.5) is 10.8 Å². The number of carbonyl (C=O) groups excluding carboxylic acids is 1. The Morgan fingerprint density at radius 2 is 1.83 bits per heavy atom. The Kier molecular flexibility index (Phi) is 4.91. The van der Waals surface area contributed by atoms with E-state index in [0.717, 1.165) is 22.3 Å². The van der Waals surface area contributed by atoms with E-state index < -0.39 is 0 Å². The average molecular weight is 338 g/mol. The van der Waals surface area contributed by atoms with Crippen LogP contribution in [-0.4, -0.2) is 10.8 Å². The average Bonchev–Trinajstić information content (AvgIpc) is 3.03. The number of hydrogen-bond acceptors (Lipinski definition) is 5. The number of anilines is 2. The zero-order valence-electron chi connectivity index (χ0n) is 13.6.